The minimum Gasteiger partial charge on any atom is -0.462 e. The van der Waals surface area contributed by atoms with Crippen molar-refractivity contribution in [3.05, 3.63) is 48.6 Å². The van der Waals surface area contributed by atoms with Crippen LogP contribution in [0.3, 0.4) is 0 Å². The molecule has 0 aromatic carbocycles. The zero-order valence-corrected chi connectivity index (χ0v) is 32.9. The highest BCUT2D eigenvalue weighted by molar-refractivity contribution is 5.70. The van der Waals surface area contributed by atoms with Gasteiger partial charge in [0.05, 0.1) is 6.61 Å². The normalized spacial score (nSPS) is 12.6. The second-order valence-corrected chi connectivity index (χ2v) is 14.1. The number of allylic oxidation sites excluding steroid dienone is 8. The second-order valence-electron chi connectivity index (χ2n) is 14.1. The van der Waals surface area contributed by atoms with E-state index in [0.717, 1.165) is 44.9 Å². The lowest BCUT2D eigenvalue weighted by atomic mass is 10.0. The Balaban J connectivity index is 3.60. The van der Waals surface area contributed by atoms with E-state index in [4.69, 9.17) is 9.47 Å². The fraction of sp³-hybridized carbons (Fsp3) is 0.778. The maximum atomic E-state index is 12.2. The first-order chi connectivity index (χ1) is 24.6. The lowest BCUT2D eigenvalue weighted by molar-refractivity contribution is -0.161. The number of rotatable bonds is 38. The van der Waals surface area contributed by atoms with Crippen LogP contribution in [0, 0.1) is 0 Å². The topological polar surface area (TPSA) is 72.8 Å². The predicted molar refractivity (Wildman–Crippen MR) is 214 cm³/mol. The Bertz CT molecular complexity index is 842. The zero-order valence-electron chi connectivity index (χ0n) is 32.9. The number of hydrogen-bond donors (Lipinski definition) is 1. The van der Waals surface area contributed by atoms with Crippen LogP contribution >= 0.6 is 0 Å². The van der Waals surface area contributed by atoms with Gasteiger partial charge in [0.2, 0.25) is 0 Å². The quantitative estimate of drug-likeness (QED) is 0.0394. The van der Waals surface area contributed by atoms with Crippen LogP contribution in [0.5, 0.6) is 0 Å². The molecule has 0 saturated heterocycles. The third kappa shape index (κ3) is 38.7. The zero-order chi connectivity index (χ0) is 36.4. The summed E-state index contributed by atoms with van der Waals surface area (Å²) in [6.07, 6.45) is 51.8. The molecule has 0 saturated carbocycles. The fourth-order valence-electron chi connectivity index (χ4n) is 5.90. The molecule has 0 spiro atoms. The maximum Gasteiger partial charge on any atom is 0.306 e. The summed E-state index contributed by atoms with van der Waals surface area (Å²) in [5, 5.41) is 9.56. The van der Waals surface area contributed by atoms with E-state index in [0.29, 0.717) is 19.3 Å². The van der Waals surface area contributed by atoms with E-state index in [2.05, 4.69) is 62.5 Å². The largest absolute Gasteiger partial charge is 0.462 e. The van der Waals surface area contributed by atoms with Gasteiger partial charge in [0.1, 0.15) is 6.61 Å². The molecule has 0 fully saturated rings. The molecule has 0 amide bonds. The molecule has 290 valence electrons. The van der Waals surface area contributed by atoms with Crippen LogP contribution in [0.15, 0.2) is 48.6 Å². The van der Waals surface area contributed by atoms with E-state index < -0.39 is 6.10 Å². The van der Waals surface area contributed by atoms with Crippen molar-refractivity contribution in [3.8, 4) is 0 Å². The number of hydrogen-bond acceptors (Lipinski definition) is 5. The fourth-order valence-corrected chi connectivity index (χ4v) is 5.90. The van der Waals surface area contributed by atoms with E-state index in [-0.39, 0.29) is 25.2 Å². The molecule has 0 rings (SSSR count). The van der Waals surface area contributed by atoms with Crippen molar-refractivity contribution in [3.63, 3.8) is 0 Å². The van der Waals surface area contributed by atoms with Crippen molar-refractivity contribution in [1.29, 1.82) is 0 Å². The summed E-state index contributed by atoms with van der Waals surface area (Å²) in [5.41, 5.74) is 0. The molecule has 1 atom stereocenters. The van der Waals surface area contributed by atoms with Gasteiger partial charge in [0.15, 0.2) is 6.10 Å². The number of ether oxygens (including phenoxy) is 2. The molecule has 1 N–H and O–H groups in total. The van der Waals surface area contributed by atoms with Crippen molar-refractivity contribution < 1.29 is 24.2 Å². The van der Waals surface area contributed by atoms with Gasteiger partial charge in [-0.05, 0) is 51.4 Å². The molecular formula is C45H80O5. The summed E-state index contributed by atoms with van der Waals surface area (Å²) in [6.45, 7) is 4.07. The van der Waals surface area contributed by atoms with Gasteiger partial charge in [0.25, 0.3) is 0 Å². The van der Waals surface area contributed by atoms with Crippen LogP contribution in [0.25, 0.3) is 0 Å². The first-order valence-corrected chi connectivity index (χ1v) is 21.2. The molecular weight excluding hydrogens is 620 g/mol. The van der Waals surface area contributed by atoms with Crippen LogP contribution in [-0.2, 0) is 19.1 Å². The van der Waals surface area contributed by atoms with E-state index in [1.165, 1.54) is 128 Å². The lowest BCUT2D eigenvalue weighted by Gasteiger charge is -2.15. The van der Waals surface area contributed by atoms with Gasteiger partial charge in [-0.1, -0.05) is 191 Å². The predicted octanol–water partition coefficient (Wildman–Crippen LogP) is 13.4. The summed E-state index contributed by atoms with van der Waals surface area (Å²) < 4.78 is 10.6. The van der Waals surface area contributed by atoms with Crippen LogP contribution in [0.4, 0.5) is 0 Å². The van der Waals surface area contributed by atoms with Gasteiger partial charge in [-0.15, -0.1) is 0 Å². The van der Waals surface area contributed by atoms with E-state index in [1.807, 2.05) is 0 Å². The molecule has 5 heteroatoms. The van der Waals surface area contributed by atoms with Crippen molar-refractivity contribution in [1.82, 2.24) is 0 Å². The van der Waals surface area contributed by atoms with E-state index in [1.54, 1.807) is 0 Å². The van der Waals surface area contributed by atoms with Crippen LogP contribution in [0.1, 0.15) is 206 Å². The Morgan fingerprint density at radius 1 is 0.460 bits per heavy atom. The third-order valence-corrected chi connectivity index (χ3v) is 9.13. The number of unbranched alkanes of at least 4 members (excludes halogenated alkanes) is 22. The maximum absolute atomic E-state index is 12.2. The first-order valence-electron chi connectivity index (χ1n) is 21.2. The molecule has 0 heterocycles. The Labute approximate surface area is 309 Å². The monoisotopic (exact) mass is 701 g/mol. The smallest absolute Gasteiger partial charge is 0.306 e. The molecule has 0 aromatic heterocycles. The van der Waals surface area contributed by atoms with E-state index >= 15 is 0 Å². The van der Waals surface area contributed by atoms with Gasteiger partial charge in [0, 0.05) is 12.8 Å². The highest BCUT2D eigenvalue weighted by Crippen LogP contribution is 2.15. The molecule has 0 unspecified atom stereocenters. The molecule has 50 heavy (non-hydrogen) atoms. The standard InChI is InChI=1S/C45H80O5/c1-3-5-7-9-11-13-15-17-19-21-22-24-26-28-30-32-34-36-38-40-45(48)50-43(41-46)42-49-44(47)39-37-35-33-31-29-27-25-23-20-18-16-14-12-10-8-6-4-2/h12,14,18,20,25,27,31,33,43,46H,3-11,13,15-17,19,21-24,26,28-30,32,34-42H2,1-2H3/b14-12+,20-18+,27-25+,33-31+/t43-/m0/s1. The number of aliphatic hydroxyl groups excluding tert-OH is 1. The molecule has 0 bridgehead atoms. The first kappa shape index (κ1) is 47.9. The van der Waals surface area contributed by atoms with Gasteiger partial charge < -0.3 is 14.6 Å². The average Bonchev–Trinajstić information content (AvgIpc) is 3.12. The van der Waals surface area contributed by atoms with Crippen molar-refractivity contribution in [2.45, 2.75) is 213 Å². The summed E-state index contributed by atoms with van der Waals surface area (Å²) in [5.74, 6) is -0.651. The lowest BCUT2D eigenvalue weighted by Crippen LogP contribution is -2.28. The number of carbonyl (C=O) groups excluding carboxylic acids is 2. The highest BCUT2D eigenvalue weighted by Gasteiger charge is 2.16. The summed E-state index contributed by atoms with van der Waals surface area (Å²) in [6, 6.07) is 0. The Kier molecular flexibility index (Phi) is 39.5. The summed E-state index contributed by atoms with van der Waals surface area (Å²) >= 11 is 0. The van der Waals surface area contributed by atoms with Gasteiger partial charge >= 0.3 is 11.9 Å². The summed E-state index contributed by atoms with van der Waals surface area (Å²) in [4.78, 5) is 24.3. The second kappa shape index (κ2) is 41.3. The van der Waals surface area contributed by atoms with E-state index in [9.17, 15) is 14.7 Å². The van der Waals surface area contributed by atoms with Crippen LogP contribution in [-0.4, -0.2) is 36.4 Å². The minimum absolute atomic E-state index is 0.0927. The van der Waals surface area contributed by atoms with Crippen molar-refractivity contribution >= 4 is 11.9 Å². The third-order valence-electron chi connectivity index (χ3n) is 9.13. The molecule has 5 nitrogen and oxygen atoms in total. The molecule has 0 aliphatic carbocycles. The van der Waals surface area contributed by atoms with Gasteiger partial charge in [-0.3, -0.25) is 9.59 Å². The highest BCUT2D eigenvalue weighted by atomic mass is 16.6. The van der Waals surface area contributed by atoms with Crippen molar-refractivity contribution in [2.24, 2.45) is 0 Å². The number of esters is 2. The SMILES string of the molecule is CCCCC/C=C/C/C=C/C/C=C/C/C=C/CCCC(=O)OC[C@H](CO)OC(=O)CCCCCCCCCCCCCCCCCCCCC. The average molecular weight is 701 g/mol. The molecule has 0 aromatic rings. The Morgan fingerprint density at radius 3 is 1.26 bits per heavy atom. The van der Waals surface area contributed by atoms with Crippen LogP contribution in [0.2, 0.25) is 0 Å². The Hall–Kier alpha value is -2.14. The molecule has 0 aliphatic heterocycles. The van der Waals surface area contributed by atoms with Crippen LogP contribution < -0.4 is 0 Å². The molecule has 0 radical (unpaired) electrons. The number of aliphatic hydroxyl groups is 1. The minimum atomic E-state index is -0.791. The van der Waals surface area contributed by atoms with Gasteiger partial charge in [-0.25, -0.2) is 0 Å². The van der Waals surface area contributed by atoms with Gasteiger partial charge in [-0.2, -0.15) is 0 Å². The van der Waals surface area contributed by atoms with Crippen molar-refractivity contribution in [2.75, 3.05) is 13.2 Å². The Morgan fingerprint density at radius 2 is 0.820 bits per heavy atom. The molecule has 0 aliphatic rings. The summed E-state index contributed by atoms with van der Waals surface area (Å²) in [7, 11) is 0. The number of carbonyl (C=O) groups is 2.